The lowest BCUT2D eigenvalue weighted by molar-refractivity contribution is -0.277. The summed E-state index contributed by atoms with van der Waals surface area (Å²) in [5.41, 5.74) is 12.3. The zero-order valence-electron chi connectivity index (χ0n) is 17.7. The summed E-state index contributed by atoms with van der Waals surface area (Å²) in [6, 6.07) is 13.5. The summed E-state index contributed by atoms with van der Waals surface area (Å²) in [5, 5.41) is 38.8. The van der Waals surface area contributed by atoms with Gasteiger partial charge in [0, 0.05) is 5.69 Å². The Labute approximate surface area is 185 Å². The zero-order valence-corrected chi connectivity index (χ0v) is 17.7. The molecule has 0 aliphatic carbocycles. The van der Waals surface area contributed by atoms with Crippen molar-refractivity contribution in [1.82, 2.24) is 0 Å². The van der Waals surface area contributed by atoms with Crippen molar-refractivity contribution in [2.45, 2.75) is 43.7 Å². The first kappa shape index (κ1) is 25.5. The molecule has 5 atom stereocenters. The summed E-state index contributed by atoms with van der Waals surface area (Å²) in [4.78, 5) is 12.0. The van der Waals surface area contributed by atoms with E-state index in [1.165, 1.54) is 7.05 Å². The first-order valence-electron chi connectivity index (χ1n) is 10.0. The molecule has 1 fully saturated rings. The second kappa shape index (κ2) is 12.3. The Balaban J connectivity index is 0.00000176. The van der Waals surface area contributed by atoms with Crippen molar-refractivity contribution >= 4 is 11.7 Å². The first-order chi connectivity index (χ1) is 15.4. The van der Waals surface area contributed by atoms with E-state index in [1.54, 1.807) is 48.5 Å². The highest BCUT2D eigenvalue weighted by molar-refractivity contribution is 5.72. The number of esters is 1. The largest absolute Gasteiger partial charge is 0.462 e. The van der Waals surface area contributed by atoms with Crippen molar-refractivity contribution in [3.8, 4) is 5.75 Å². The van der Waals surface area contributed by atoms with E-state index in [-0.39, 0.29) is 19.0 Å². The van der Waals surface area contributed by atoms with Crippen LogP contribution < -0.4 is 16.2 Å². The lowest BCUT2D eigenvalue weighted by Crippen LogP contribution is -2.60. The summed E-state index contributed by atoms with van der Waals surface area (Å²) < 4.78 is 16.1. The van der Waals surface area contributed by atoms with Crippen molar-refractivity contribution in [1.29, 1.82) is 0 Å². The number of hydrogen-bond donors (Lipinski definition) is 6. The van der Waals surface area contributed by atoms with Crippen molar-refractivity contribution in [3.05, 3.63) is 59.7 Å². The van der Waals surface area contributed by atoms with Gasteiger partial charge in [0.25, 0.3) is 0 Å². The van der Waals surface area contributed by atoms with Crippen molar-refractivity contribution in [2.75, 3.05) is 19.4 Å². The molecular weight excluding hydrogens is 420 g/mol. The van der Waals surface area contributed by atoms with Gasteiger partial charge in [-0.15, -0.1) is 0 Å². The molecule has 2 unspecified atom stereocenters. The number of carbonyl (C=O) groups excluding carboxylic acids is 1. The third-order valence-electron chi connectivity index (χ3n) is 4.75. The molecule has 32 heavy (non-hydrogen) atoms. The summed E-state index contributed by atoms with van der Waals surface area (Å²) in [6.07, 6.45) is -6.62. The van der Waals surface area contributed by atoms with Crippen molar-refractivity contribution < 1.29 is 39.4 Å². The number of hydrogen-bond acceptors (Lipinski definition) is 10. The van der Waals surface area contributed by atoms with Crippen LogP contribution in [0.25, 0.3) is 0 Å². The molecule has 0 saturated carbocycles. The normalized spacial score (nSPS) is 24.8. The van der Waals surface area contributed by atoms with Crippen LogP contribution in [0.2, 0.25) is 0 Å². The van der Waals surface area contributed by atoms with E-state index >= 15 is 0 Å². The van der Waals surface area contributed by atoms with Gasteiger partial charge >= 0.3 is 5.97 Å². The van der Waals surface area contributed by atoms with Gasteiger partial charge in [0.05, 0.1) is 13.0 Å². The van der Waals surface area contributed by atoms with Crippen molar-refractivity contribution in [3.63, 3.8) is 0 Å². The number of aliphatic hydroxyl groups excluding tert-OH is 4. The molecule has 176 valence electrons. The molecule has 1 saturated heterocycles. The fourth-order valence-electron chi connectivity index (χ4n) is 2.98. The average Bonchev–Trinajstić information content (AvgIpc) is 2.81. The molecule has 2 aromatic carbocycles. The molecule has 0 amide bonds. The fourth-order valence-corrected chi connectivity index (χ4v) is 2.98. The predicted octanol–water partition coefficient (Wildman–Crippen LogP) is -0.692. The topological polar surface area (TPSA) is 178 Å². The smallest absolute Gasteiger partial charge is 0.310 e. The van der Waals surface area contributed by atoms with Gasteiger partial charge in [-0.3, -0.25) is 4.79 Å². The maximum atomic E-state index is 12.0. The lowest BCUT2D eigenvalue weighted by atomic mass is 9.99. The fraction of sp³-hybridized carbons (Fsp3) is 0.409. The molecule has 1 aliphatic heterocycles. The van der Waals surface area contributed by atoms with Gasteiger partial charge in [0.2, 0.25) is 6.29 Å². The molecule has 0 spiro atoms. The van der Waals surface area contributed by atoms with Crippen LogP contribution in [-0.4, -0.2) is 70.8 Å². The molecule has 1 aliphatic rings. The number of aliphatic hydroxyl groups is 4. The summed E-state index contributed by atoms with van der Waals surface area (Å²) in [6.45, 7) is -0.459. The van der Waals surface area contributed by atoms with Crippen LogP contribution in [0.15, 0.2) is 48.5 Å². The number of nitrogen functional groups attached to an aromatic ring is 1. The van der Waals surface area contributed by atoms with E-state index in [0.29, 0.717) is 11.4 Å². The van der Waals surface area contributed by atoms with E-state index in [1.807, 2.05) is 0 Å². The van der Waals surface area contributed by atoms with E-state index < -0.39 is 37.3 Å². The van der Waals surface area contributed by atoms with E-state index in [2.05, 4.69) is 5.73 Å². The molecular formula is C22H30N2O8. The van der Waals surface area contributed by atoms with Crippen LogP contribution in [0.4, 0.5) is 5.69 Å². The van der Waals surface area contributed by atoms with Gasteiger partial charge in [-0.25, -0.2) is 0 Å². The highest BCUT2D eigenvalue weighted by Gasteiger charge is 2.44. The number of ether oxygens (including phenoxy) is 3. The summed E-state index contributed by atoms with van der Waals surface area (Å²) in [7, 11) is 1.50. The minimum Gasteiger partial charge on any atom is -0.462 e. The number of anilines is 1. The van der Waals surface area contributed by atoms with E-state index in [4.69, 9.17) is 19.9 Å². The molecule has 0 aromatic heterocycles. The highest BCUT2D eigenvalue weighted by Crippen LogP contribution is 2.24. The third-order valence-corrected chi connectivity index (χ3v) is 4.75. The molecule has 1 heterocycles. The number of benzene rings is 2. The molecule has 2 aromatic rings. The van der Waals surface area contributed by atoms with Crippen LogP contribution in [-0.2, 0) is 27.3 Å². The van der Waals surface area contributed by atoms with Crippen LogP contribution in [0.1, 0.15) is 11.1 Å². The van der Waals surface area contributed by atoms with E-state index in [0.717, 1.165) is 11.1 Å². The van der Waals surface area contributed by atoms with Crippen LogP contribution in [0, 0.1) is 0 Å². The minimum absolute atomic E-state index is 0.0775. The Morgan fingerprint density at radius 1 is 0.938 bits per heavy atom. The van der Waals surface area contributed by atoms with Crippen LogP contribution in [0.5, 0.6) is 5.75 Å². The number of nitrogens with two attached hydrogens (primary N) is 2. The minimum atomic E-state index is -1.51. The van der Waals surface area contributed by atoms with E-state index in [9.17, 15) is 25.2 Å². The second-order valence-electron chi connectivity index (χ2n) is 7.04. The number of carbonyl (C=O) groups is 1. The molecule has 0 radical (unpaired) electrons. The van der Waals surface area contributed by atoms with Gasteiger partial charge in [-0.1, -0.05) is 24.3 Å². The molecule has 0 bridgehead atoms. The molecule has 10 nitrogen and oxygen atoms in total. The molecule has 8 N–H and O–H groups in total. The zero-order chi connectivity index (χ0) is 23.7. The Morgan fingerprint density at radius 2 is 1.53 bits per heavy atom. The van der Waals surface area contributed by atoms with Gasteiger partial charge in [0.1, 0.15) is 36.8 Å². The summed E-state index contributed by atoms with van der Waals surface area (Å²) >= 11 is 0. The average molecular weight is 450 g/mol. The highest BCUT2D eigenvalue weighted by atomic mass is 16.7. The second-order valence-corrected chi connectivity index (χ2v) is 7.04. The Hall–Kier alpha value is -2.73. The van der Waals surface area contributed by atoms with Gasteiger partial charge in [0.15, 0.2) is 0 Å². The Bertz CT molecular complexity index is 829. The Kier molecular flexibility index (Phi) is 9.85. The maximum absolute atomic E-state index is 12.0. The van der Waals surface area contributed by atoms with Gasteiger partial charge in [-0.05, 0) is 42.4 Å². The standard InChI is InChI=1S/C21H25NO8.CH5N/c22-14-5-1-12(2-6-14)9-17(24)28-11-13-3-7-15(8-4-13)29-21-20(27)19(26)18(25)16(10-23)30-21;1-2/h1-8,16,18-21,23,25-27H,9-11,22H2;2H2,1H3/t16?,18-,19?,20-,21+;/m0./s1. The predicted molar refractivity (Wildman–Crippen MR) is 115 cm³/mol. The summed E-state index contributed by atoms with van der Waals surface area (Å²) in [5.74, 6) is -0.0438. The SMILES string of the molecule is CN.Nc1ccc(CC(=O)OCc2ccc(O[C@@H]3OC(CO)[C@H](O)C(O)[C@@H]3O)cc2)cc1. The first-order valence-corrected chi connectivity index (χ1v) is 10.0. The molecule has 3 rings (SSSR count). The van der Waals surface area contributed by atoms with Crippen LogP contribution in [0.3, 0.4) is 0 Å². The quantitative estimate of drug-likeness (QED) is 0.234. The number of rotatable bonds is 7. The third kappa shape index (κ3) is 6.89. The monoisotopic (exact) mass is 450 g/mol. The Morgan fingerprint density at radius 3 is 2.12 bits per heavy atom. The van der Waals surface area contributed by atoms with Crippen molar-refractivity contribution in [2.24, 2.45) is 5.73 Å². The van der Waals surface area contributed by atoms with Crippen LogP contribution >= 0.6 is 0 Å². The maximum Gasteiger partial charge on any atom is 0.310 e. The van der Waals surface area contributed by atoms with Gasteiger partial charge < -0.3 is 46.1 Å². The lowest BCUT2D eigenvalue weighted by Gasteiger charge is -2.39. The van der Waals surface area contributed by atoms with Gasteiger partial charge in [-0.2, -0.15) is 0 Å². The molecule has 10 heteroatoms.